The maximum absolute atomic E-state index is 11.4. The number of nitrogens with zero attached hydrogens (tertiary/aromatic N) is 2. The molecule has 6 nitrogen and oxygen atoms in total. The van der Waals surface area contributed by atoms with E-state index in [0.717, 1.165) is 30.7 Å². The Balaban J connectivity index is 2.01. The molecule has 2 aliphatic heterocycles. The number of carbonyl (C=O) groups is 3. The fraction of sp³-hybridized carbons (Fsp3) is 0.700. The van der Waals surface area contributed by atoms with Crippen LogP contribution in [-0.4, -0.2) is 53.8 Å². The molecular formula is C10H15N3O3. The minimum Gasteiger partial charge on any atom is -0.302 e. The molecule has 2 rings (SSSR count). The van der Waals surface area contributed by atoms with E-state index in [1.54, 1.807) is 0 Å². The van der Waals surface area contributed by atoms with Gasteiger partial charge in [-0.2, -0.15) is 0 Å². The molecule has 16 heavy (non-hydrogen) atoms. The number of urea groups is 1. The van der Waals surface area contributed by atoms with Crippen molar-refractivity contribution in [3.63, 3.8) is 0 Å². The first-order valence-electron chi connectivity index (χ1n) is 5.46. The van der Waals surface area contributed by atoms with Gasteiger partial charge in [0, 0.05) is 12.6 Å². The van der Waals surface area contributed by atoms with Crippen molar-refractivity contribution in [3.05, 3.63) is 0 Å². The Morgan fingerprint density at radius 1 is 1.31 bits per heavy atom. The van der Waals surface area contributed by atoms with Gasteiger partial charge in [-0.1, -0.05) is 6.42 Å². The van der Waals surface area contributed by atoms with Crippen molar-refractivity contribution in [2.75, 3.05) is 20.1 Å². The molecule has 0 aromatic heterocycles. The minimum absolute atomic E-state index is 0.175. The van der Waals surface area contributed by atoms with Crippen LogP contribution in [0.1, 0.15) is 19.3 Å². The first kappa shape index (κ1) is 11.1. The van der Waals surface area contributed by atoms with Crippen molar-refractivity contribution in [3.8, 4) is 0 Å². The summed E-state index contributed by atoms with van der Waals surface area (Å²) in [5.74, 6) is -1.55. The highest BCUT2D eigenvalue weighted by molar-refractivity contribution is 6.44. The highest BCUT2D eigenvalue weighted by atomic mass is 16.2. The second kappa shape index (κ2) is 4.21. The van der Waals surface area contributed by atoms with Gasteiger partial charge in [-0.25, -0.2) is 4.79 Å². The van der Waals surface area contributed by atoms with Crippen LogP contribution in [0.4, 0.5) is 4.79 Å². The van der Waals surface area contributed by atoms with Crippen LogP contribution in [0.25, 0.3) is 0 Å². The molecule has 0 aromatic rings. The van der Waals surface area contributed by atoms with Crippen LogP contribution in [0.3, 0.4) is 0 Å². The fourth-order valence-electron chi connectivity index (χ4n) is 2.18. The topological polar surface area (TPSA) is 69.7 Å². The molecule has 6 heteroatoms. The van der Waals surface area contributed by atoms with Crippen molar-refractivity contribution < 1.29 is 14.4 Å². The van der Waals surface area contributed by atoms with Crippen LogP contribution in [-0.2, 0) is 9.59 Å². The third-order valence-corrected chi connectivity index (χ3v) is 3.22. The average molecular weight is 225 g/mol. The zero-order chi connectivity index (χ0) is 11.7. The van der Waals surface area contributed by atoms with Gasteiger partial charge in [0.25, 0.3) is 0 Å². The number of carbonyl (C=O) groups excluding carboxylic acids is 3. The van der Waals surface area contributed by atoms with Gasteiger partial charge in [0.2, 0.25) is 0 Å². The Hall–Kier alpha value is -1.43. The second-order valence-electron chi connectivity index (χ2n) is 4.31. The van der Waals surface area contributed by atoms with Gasteiger partial charge in [0.15, 0.2) is 0 Å². The summed E-state index contributed by atoms with van der Waals surface area (Å²) in [5.41, 5.74) is 0. The third kappa shape index (κ3) is 1.92. The van der Waals surface area contributed by atoms with Gasteiger partial charge in [0.1, 0.15) is 0 Å². The summed E-state index contributed by atoms with van der Waals surface area (Å²) < 4.78 is 0. The van der Waals surface area contributed by atoms with Crippen molar-refractivity contribution >= 4 is 17.8 Å². The Bertz CT molecular complexity index is 342. The van der Waals surface area contributed by atoms with Crippen molar-refractivity contribution in [1.82, 2.24) is 15.1 Å². The molecule has 88 valence electrons. The number of hydrogen-bond acceptors (Lipinski definition) is 4. The van der Waals surface area contributed by atoms with Crippen molar-refractivity contribution in [1.29, 1.82) is 0 Å². The number of likely N-dealkylation sites (tertiary alicyclic amines) is 1. The lowest BCUT2D eigenvalue weighted by Gasteiger charge is -2.33. The maximum Gasteiger partial charge on any atom is 0.331 e. The molecule has 0 saturated carbocycles. The Morgan fingerprint density at radius 2 is 2.06 bits per heavy atom. The second-order valence-corrected chi connectivity index (χ2v) is 4.31. The number of rotatable bonds is 2. The molecule has 1 atom stereocenters. The van der Waals surface area contributed by atoms with E-state index in [-0.39, 0.29) is 6.04 Å². The highest BCUT2D eigenvalue weighted by Gasteiger charge is 2.38. The molecule has 1 N–H and O–H groups in total. The first-order chi connectivity index (χ1) is 7.59. The molecule has 1 unspecified atom stereocenters. The van der Waals surface area contributed by atoms with E-state index in [0.29, 0.717) is 6.54 Å². The number of piperidine rings is 1. The summed E-state index contributed by atoms with van der Waals surface area (Å²) in [4.78, 5) is 36.8. The zero-order valence-electron chi connectivity index (χ0n) is 9.23. The van der Waals surface area contributed by atoms with Gasteiger partial charge in [0.05, 0.1) is 0 Å². The smallest absolute Gasteiger partial charge is 0.302 e. The lowest BCUT2D eigenvalue weighted by atomic mass is 10.0. The minimum atomic E-state index is -0.816. The average Bonchev–Trinajstić information content (AvgIpc) is 2.48. The molecular weight excluding hydrogens is 210 g/mol. The highest BCUT2D eigenvalue weighted by Crippen LogP contribution is 2.17. The fourth-order valence-corrected chi connectivity index (χ4v) is 2.18. The quantitative estimate of drug-likeness (QED) is 0.510. The van der Waals surface area contributed by atoms with E-state index < -0.39 is 17.8 Å². The molecule has 0 aliphatic carbocycles. The summed E-state index contributed by atoms with van der Waals surface area (Å²) >= 11 is 0. The van der Waals surface area contributed by atoms with E-state index in [9.17, 15) is 14.4 Å². The van der Waals surface area contributed by atoms with Gasteiger partial charge in [-0.05, 0) is 26.4 Å². The molecule has 0 spiro atoms. The first-order valence-corrected chi connectivity index (χ1v) is 5.46. The Labute approximate surface area is 93.6 Å². The lowest BCUT2D eigenvalue weighted by molar-refractivity contribution is -0.140. The molecule has 0 aromatic carbocycles. The number of nitrogens with one attached hydrogen (secondary N) is 1. The summed E-state index contributed by atoms with van der Waals surface area (Å²) in [6, 6.07) is -0.414. The van der Waals surface area contributed by atoms with Gasteiger partial charge in [-0.15, -0.1) is 0 Å². The number of imide groups is 2. The molecule has 2 aliphatic rings. The standard InChI is InChI=1S/C10H15N3O3/c1-12-5-3-2-4-7(12)6-13-9(15)8(14)11-10(13)16/h7H,2-6H2,1H3,(H,11,14,16). The summed E-state index contributed by atoms with van der Waals surface area (Å²) in [7, 11) is 1.98. The third-order valence-electron chi connectivity index (χ3n) is 3.22. The van der Waals surface area contributed by atoms with Crippen LogP contribution in [0.5, 0.6) is 0 Å². The maximum atomic E-state index is 11.4. The SMILES string of the molecule is CN1CCCCC1CN1C(=O)NC(=O)C1=O. The van der Waals surface area contributed by atoms with Crippen LogP contribution in [0.15, 0.2) is 0 Å². The van der Waals surface area contributed by atoms with Crippen molar-refractivity contribution in [2.45, 2.75) is 25.3 Å². The largest absolute Gasteiger partial charge is 0.331 e. The van der Waals surface area contributed by atoms with Crippen LogP contribution < -0.4 is 5.32 Å². The van der Waals surface area contributed by atoms with E-state index in [1.165, 1.54) is 0 Å². The van der Waals surface area contributed by atoms with E-state index in [2.05, 4.69) is 4.90 Å². The van der Waals surface area contributed by atoms with Crippen molar-refractivity contribution in [2.24, 2.45) is 0 Å². The van der Waals surface area contributed by atoms with Crippen LogP contribution in [0, 0.1) is 0 Å². The normalized spacial score (nSPS) is 27.4. The van der Waals surface area contributed by atoms with Gasteiger partial charge >= 0.3 is 17.8 Å². The van der Waals surface area contributed by atoms with E-state index >= 15 is 0 Å². The van der Waals surface area contributed by atoms with Gasteiger partial charge < -0.3 is 4.90 Å². The molecule has 2 heterocycles. The predicted octanol–water partition coefficient (Wildman–Crippen LogP) is -0.451. The van der Waals surface area contributed by atoms with Crippen LogP contribution >= 0.6 is 0 Å². The Morgan fingerprint density at radius 3 is 2.62 bits per heavy atom. The summed E-state index contributed by atoms with van der Waals surface area (Å²) in [6.07, 6.45) is 3.21. The molecule has 0 radical (unpaired) electrons. The monoisotopic (exact) mass is 225 g/mol. The number of likely N-dealkylation sites (N-methyl/N-ethyl adjacent to an activating group) is 1. The Kier molecular flexibility index (Phi) is 2.91. The molecule has 2 fully saturated rings. The van der Waals surface area contributed by atoms with E-state index in [4.69, 9.17) is 0 Å². The predicted molar refractivity (Wildman–Crippen MR) is 55.5 cm³/mol. The lowest BCUT2D eigenvalue weighted by Crippen LogP contribution is -2.46. The molecule has 2 saturated heterocycles. The molecule has 0 bridgehead atoms. The summed E-state index contributed by atoms with van der Waals surface area (Å²) in [6.45, 7) is 1.29. The molecule has 4 amide bonds. The zero-order valence-corrected chi connectivity index (χ0v) is 9.23. The van der Waals surface area contributed by atoms with Gasteiger partial charge in [-0.3, -0.25) is 19.8 Å². The van der Waals surface area contributed by atoms with Crippen LogP contribution in [0.2, 0.25) is 0 Å². The number of hydrogen-bond donors (Lipinski definition) is 1. The number of amides is 4. The van der Waals surface area contributed by atoms with E-state index in [1.807, 2.05) is 12.4 Å². The summed E-state index contributed by atoms with van der Waals surface area (Å²) in [5, 5.41) is 2.00.